The Bertz CT molecular complexity index is 2450. The first-order valence-corrected chi connectivity index (χ1v) is 15.4. The van der Waals surface area contributed by atoms with Crippen LogP contribution in [0.1, 0.15) is 0 Å². The second-order valence-electron chi connectivity index (χ2n) is 11.6. The first-order valence-electron chi connectivity index (χ1n) is 15.4. The molecule has 0 atom stereocenters. The molecule has 210 valence electrons. The van der Waals surface area contributed by atoms with Crippen molar-refractivity contribution >= 4 is 43.5 Å². The van der Waals surface area contributed by atoms with Crippen molar-refractivity contribution in [3.05, 3.63) is 170 Å². The highest BCUT2D eigenvalue weighted by Crippen LogP contribution is 2.48. The molecule has 1 heterocycles. The molecule has 0 aliphatic carbocycles. The van der Waals surface area contributed by atoms with Gasteiger partial charge in [-0.2, -0.15) is 0 Å². The SMILES string of the molecule is c1ccc(-c2ccc3c(c2)oc2cc(-c4ccccc4)cc(-c4c5ccccc5c(-c5ccccc5)c5ccccc45)c23)cc1. The molecule has 9 aromatic rings. The molecule has 1 heteroatoms. The Labute approximate surface area is 261 Å². The summed E-state index contributed by atoms with van der Waals surface area (Å²) in [4.78, 5) is 0. The van der Waals surface area contributed by atoms with Gasteiger partial charge >= 0.3 is 0 Å². The first-order chi connectivity index (χ1) is 22.3. The lowest BCUT2D eigenvalue weighted by molar-refractivity contribution is 0.669. The predicted octanol–water partition coefficient (Wildman–Crippen LogP) is 12.6. The van der Waals surface area contributed by atoms with Gasteiger partial charge in [0, 0.05) is 10.8 Å². The van der Waals surface area contributed by atoms with Crippen LogP contribution in [-0.2, 0) is 0 Å². The fourth-order valence-electron chi connectivity index (χ4n) is 7.04. The van der Waals surface area contributed by atoms with E-state index in [1.54, 1.807) is 0 Å². The quantitative estimate of drug-likeness (QED) is 0.191. The molecule has 0 amide bonds. The molecule has 0 radical (unpaired) electrons. The Kier molecular flexibility index (Phi) is 5.89. The van der Waals surface area contributed by atoms with Gasteiger partial charge in [-0.25, -0.2) is 0 Å². The first kappa shape index (κ1) is 25.6. The maximum absolute atomic E-state index is 6.76. The van der Waals surface area contributed by atoms with E-state index in [1.165, 1.54) is 54.9 Å². The second kappa shape index (κ2) is 10.4. The molecular formula is C44H28O. The molecule has 0 N–H and O–H groups in total. The highest BCUT2D eigenvalue weighted by Gasteiger charge is 2.21. The molecule has 0 aliphatic rings. The van der Waals surface area contributed by atoms with Crippen molar-refractivity contribution in [2.45, 2.75) is 0 Å². The summed E-state index contributed by atoms with van der Waals surface area (Å²) in [6.07, 6.45) is 0. The van der Waals surface area contributed by atoms with Crippen LogP contribution in [0.2, 0.25) is 0 Å². The smallest absolute Gasteiger partial charge is 0.136 e. The molecule has 45 heavy (non-hydrogen) atoms. The van der Waals surface area contributed by atoms with Crippen LogP contribution in [0.4, 0.5) is 0 Å². The van der Waals surface area contributed by atoms with Gasteiger partial charge in [0.15, 0.2) is 0 Å². The van der Waals surface area contributed by atoms with Gasteiger partial charge in [-0.15, -0.1) is 0 Å². The monoisotopic (exact) mass is 572 g/mol. The Balaban J connectivity index is 1.43. The van der Waals surface area contributed by atoms with E-state index in [0.29, 0.717) is 0 Å². The van der Waals surface area contributed by atoms with Gasteiger partial charge in [0.2, 0.25) is 0 Å². The lowest BCUT2D eigenvalue weighted by atomic mass is 9.84. The lowest BCUT2D eigenvalue weighted by Crippen LogP contribution is -1.92. The van der Waals surface area contributed by atoms with Crippen molar-refractivity contribution in [2.75, 3.05) is 0 Å². The Morgan fingerprint density at radius 1 is 0.289 bits per heavy atom. The minimum Gasteiger partial charge on any atom is -0.456 e. The average Bonchev–Trinajstić information content (AvgIpc) is 3.49. The summed E-state index contributed by atoms with van der Waals surface area (Å²) in [6.45, 7) is 0. The number of fused-ring (bicyclic) bond motifs is 5. The second-order valence-corrected chi connectivity index (χ2v) is 11.6. The van der Waals surface area contributed by atoms with Crippen molar-refractivity contribution in [1.82, 2.24) is 0 Å². The molecular weight excluding hydrogens is 544 g/mol. The van der Waals surface area contributed by atoms with Crippen molar-refractivity contribution < 1.29 is 4.42 Å². The molecule has 0 aliphatic heterocycles. The van der Waals surface area contributed by atoms with E-state index in [4.69, 9.17) is 4.42 Å². The molecule has 8 aromatic carbocycles. The molecule has 9 rings (SSSR count). The van der Waals surface area contributed by atoms with Gasteiger partial charge in [-0.3, -0.25) is 0 Å². The fraction of sp³-hybridized carbons (Fsp3) is 0. The predicted molar refractivity (Wildman–Crippen MR) is 190 cm³/mol. The zero-order chi connectivity index (χ0) is 29.7. The maximum atomic E-state index is 6.76. The molecule has 0 saturated heterocycles. The topological polar surface area (TPSA) is 13.1 Å². The third-order valence-corrected chi connectivity index (χ3v) is 9.05. The molecule has 0 bridgehead atoms. The van der Waals surface area contributed by atoms with E-state index < -0.39 is 0 Å². The van der Waals surface area contributed by atoms with Crippen LogP contribution in [0.25, 0.3) is 88.0 Å². The summed E-state index contributed by atoms with van der Waals surface area (Å²) in [5.74, 6) is 0. The highest BCUT2D eigenvalue weighted by atomic mass is 16.3. The molecule has 1 aromatic heterocycles. The summed E-state index contributed by atoms with van der Waals surface area (Å²) in [5.41, 5.74) is 11.3. The molecule has 0 unspecified atom stereocenters. The number of rotatable bonds is 4. The van der Waals surface area contributed by atoms with Crippen molar-refractivity contribution in [2.24, 2.45) is 0 Å². The van der Waals surface area contributed by atoms with Crippen molar-refractivity contribution in [3.63, 3.8) is 0 Å². The summed E-state index contributed by atoms with van der Waals surface area (Å²) in [6, 6.07) is 60.8. The van der Waals surface area contributed by atoms with Crippen LogP contribution in [0.3, 0.4) is 0 Å². The fourth-order valence-corrected chi connectivity index (χ4v) is 7.04. The van der Waals surface area contributed by atoms with Gasteiger partial charge in [-0.05, 0) is 90.3 Å². The summed E-state index contributed by atoms with van der Waals surface area (Å²) < 4.78 is 6.76. The largest absolute Gasteiger partial charge is 0.456 e. The summed E-state index contributed by atoms with van der Waals surface area (Å²) >= 11 is 0. The molecule has 1 nitrogen and oxygen atoms in total. The number of furan rings is 1. The maximum Gasteiger partial charge on any atom is 0.136 e. The Hall–Kier alpha value is -5.92. The van der Waals surface area contributed by atoms with Crippen molar-refractivity contribution in [1.29, 1.82) is 0 Å². The third kappa shape index (κ3) is 4.17. The minimum absolute atomic E-state index is 0.895. The number of hydrogen-bond donors (Lipinski definition) is 0. The van der Waals surface area contributed by atoms with E-state index in [0.717, 1.165) is 33.1 Å². The highest BCUT2D eigenvalue weighted by molar-refractivity contribution is 6.26. The van der Waals surface area contributed by atoms with E-state index in [1.807, 2.05) is 0 Å². The Morgan fingerprint density at radius 3 is 1.33 bits per heavy atom. The number of benzene rings is 8. The van der Waals surface area contributed by atoms with E-state index >= 15 is 0 Å². The van der Waals surface area contributed by atoms with Crippen LogP contribution in [0, 0.1) is 0 Å². The molecule has 0 fully saturated rings. The van der Waals surface area contributed by atoms with Crippen LogP contribution < -0.4 is 0 Å². The third-order valence-electron chi connectivity index (χ3n) is 9.05. The van der Waals surface area contributed by atoms with E-state index in [9.17, 15) is 0 Å². The summed E-state index contributed by atoms with van der Waals surface area (Å²) in [7, 11) is 0. The zero-order valence-electron chi connectivity index (χ0n) is 24.6. The minimum atomic E-state index is 0.895. The van der Waals surface area contributed by atoms with Crippen LogP contribution in [-0.4, -0.2) is 0 Å². The zero-order valence-corrected chi connectivity index (χ0v) is 24.6. The van der Waals surface area contributed by atoms with Gasteiger partial charge in [-0.1, -0.05) is 146 Å². The summed E-state index contributed by atoms with van der Waals surface area (Å²) in [5, 5.41) is 7.23. The van der Waals surface area contributed by atoms with Gasteiger partial charge < -0.3 is 4.42 Å². The van der Waals surface area contributed by atoms with Crippen LogP contribution in [0.15, 0.2) is 174 Å². The van der Waals surface area contributed by atoms with Crippen molar-refractivity contribution in [3.8, 4) is 44.5 Å². The average molecular weight is 573 g/mol. The van der Waals surface area contributed by atoms with Gasteiger partial charge in [0.1, 0.15) is 11.2 Å². The lowest BCUT2D eigenvalue weighted by Gasteiger charge is -2.19. The molecule has 0 saturated carbocycles. The van der Waals surface area contributed by atoms with Gasteiger partial charge in [0.05, 0.1) is 0 Å². The van der Waals surface area contributed by atoms with Gasteiger partial charge in [0.25, 0.3) is 0 Å². The van der Waals surface area contributed by atoms with E-state index in [2.05, 4.69) is 170 Å². The van der Waals surface area contributed by atoms with E-state index in [-0.39, 0.29) is 0 Å². The standard InChI is InChI=1S/C44H28O/c1-4-14-29(15-5-1)32-24-25-38-40(27-32)45-41-28-33(30-16-6-2-7-17-30)26-39(44(38)41)43-36-22-12-10-20-34(36)42(31-18-8-3-9-19-31)35-21-11-13-23-37(35)43/h1-28H. The van der Waals surface area contributed by atoms with Crippen LogP contribution in [0.5, 0.6) is 0 Å². The molecule has 0 spiro atoms. The Morgan fingerprint density at radius 2 is 0.756 bits per heavy atom. The number of hydrogen-bond acceptors (Lipinski definition) is 1. The normalized spacial score (nSPS) is 11.6. The van der Waals surface area contributed by atoms with Crippen LogP contribution >= 0.6 is 0 Å².